The van der Waals surface area contributed by atoms with E-state index in [1.807, 2.05) is 6.07 Å². The van der Waals surface area contributed by atoms with Gasteiger partial charge in [0.1, 0.15) is 5.82 Å². The fraction of sp³-hybridized carbons (Fsp3) is 0.647. The maximum absolute atomic E-state index is 13.9. The summed E-state index contributed by atoms with van der Waals surface area (Å²) in [5.74, 6) is 1.49. The lowest BCUT2D eigenvalue weighted by atomic mass is 9.84. The number of benzene rings is 1. The van der Waals surface area contributed by atoms with Gasteiger partial charge in [-0.3, -0.25) is 4.90 Å². The summed E-state index contributed by atoms with van der Waals surface area (Å²) < 4.78 is 13.9. The molecule has 108 valence electrons. The molecule has 0 saturated carbocycles. The number of hydrogen-bond acceptors (Lipinski definition) is 2. The quantitative estimate of drug-likeness (QED) is 0.847. The Morgan fingerprint density at radius 1 is 1.30 bits per heavy atom. The molecule has 2 heterocycles. The smallest absolute Gasteiger partial charge is 0.126 e. The maximum Gasteiger partial charge on any atom is 0.126 e. The molecule has 1 aromatic rings. The van der Waals surface area contributed by atoms with Crippen molar-refractivity contribution in [3.8, 4) is 0 Å². The van der Waals surface area contributed by atoms with Crippen molar-refractivity contribution in [3.63, 3.8) is 0 Å². The Balaban J connectivity index is 1.69. The van der Waals surface area contributed by atoms with Gasteiger partial charge in [0, 0.05) is 24.7 Å². The van der Waals surface area contributed by atoms with E-state index in [-0.39, 0.29) is 11.4 Å². The SMILES string of the molecule is CC1(C)C2CNCC2CN1C1CCc2c(F)cccc21. The number of likely N-dealkylation sites (tertiary alicyclic amines) is 1. The standard InChI is InChI=1S/C17H23FN2/c1-17(2)14-9-19-8-11(14)10-20(17)16-7-6-12-13(16)4-3-5-15(12)18/h3-5,11,14,16,19H,6-10H2,1-2H3. The maximum atomic E-state index is 13.9. The summed E-state index contributed by atoms with van der Waals surface area (Å²) in [6.45, 7) is 8.19. The predicted octanol–water partition coefficient (Wildman–Crippen LogP) is 2.74. The van der Waals surface area contributed by atoms with E-state index in [4.69, 9.17) is 0 Å². The van der Waals surface area contributed by atoms with Crippen molar-refractivity contribution < 1.29 is 4.39 Å². The first-order chi connectivity index (χ1) is 9.59. The molecule has 3 atom stereocenters. The molecule has 0 spiro atoms. The zero-order chi connectivity index (χ0) is 13.9. The van der Waals surface area contributed by atoms with Crippen molar-refractivity contribution in [2.24, 2.45) is 11.8 Å². The van der Waals surface area contributed by atoms with E-state index in [2.05, 4.69) is 30.1 Å². The van der Waals surface area contributed by atoms with Crippen LogP contribution in [0.4, 0.5) is 4.39 Å². The molecule has 0 bridgehead atoms. The second kappa shape index (κ2) is 4.28. The highest BCUT2D eigenvalue weighted by molar-refractivity contribution is 5.36. The van der Waals surface area contributed by atoms with Crippen LogP contribution in [-0.4, -0.2) is 30.1 Å². The topological polar surface area (TPSA) is 15.3 Å². The third-order valence-electron chi connectivity index (χ3n) is 5.98. The van der Waals surface area contributed by atoms with Crippen LogP contribution in [0.15, 0.2) is 18.2 Å². The summed E-state index contributed by atoms with van der Waals surface area (Å²) in [6.07, 6.45) is 1.97. The molecule has 3 aliphatic rings. The minimum atomic E-state index is -0.0103. The van der Waals surface area contributed by atoms with Crippen molar-refractivity contribution >= 4 is 0 Å². The monoisotopic (exact) mass is 274 g/mol. The van der Waals surface area contributed by atoms with Gasteiger partial charge in [-0.15, -0.1) is 0 Å². The number of halogens is 1. The van der Waals surface area contributed by atoms with Crippen LogP contribution < -0.4 is 5.32 Å². The van der Waals surface area contributed by atoms with Crippen molar-refractivity contribution in [2.75, 3.05) is 19.6 Å². The Kier molecular flexibility index (Phi) is 2.74. The molecule has 1 N–H and O–H groups in total. The molecular weight excluding hydrogens is 251 g/mol. The summed E-state index contributed by atoms with van der Waals surface area (Å²) in [4.78, 5) is 2.66. The van der Waals surface area contributed by atoms with Crippen LogP contribution in [0.25, 0.3) is 0 Å². The van der Waals surface area contributed by atoms with E-state index in [0.29, 0.717) is 6.04 Å². The molecule has 1 aliphatic carbocycles. The first-order valence-electron chi connectivity index (χ1n) is 7.84. The average molecular weight is 274 g/mol. The van der Waals surface area contributed by atoms with E-state index in [1.54, 1.807) is 6.07 Å². The minimum Gasteiger partial charge on any atom is -0.316 e. The van der Waals surface area contributed by atoms with Gasteiger partial charge in [0.25, 0.3) is 0 Å². The molecule has 20 heavy (non-hydrogen) atoms. The van der Waals surface area contributed by atoms with Crippen LogP contribution in [0.3, 0.4) is 0 Å². The highest BCUT2D eigenvalue weighted by atomic mass is 19.1. The Bertz CT molecular complexity index is 540. The second-order valence-electron chi connectivity index (χ2n) is 7.19. The number of nitrogens with one attached hydrogen (secondary N) is 1. The molecule has 0 radical (unpaired) electrons. The summed E-state index contributed by atoms with van der Waals surface area (Å²) in [7, 11) is 0. The van der Waals surface area contributed by atoms with Gasteiger partial charge in [-0.25, -0.2) is 4.39 Å². The Morgan fingerprint density at radius 2 is 2.15 bits per heavy atom. The molecule has 2 fully saturated rings. The van der Waals surface area contributed by atoms with E-state index in [9.17, 15) is 4.39 Å². The zero-order valence-corrected chi connectivity index (χ0v) is 12.3. The van der Waals surface area contributed by atoms with Gasteiger partial charge in [0.05, 0.1) is 0 Å². The van der Waals surface area contributed by atoms with Crippen LogP contribution in [0.2, 0.25) is 0 Å². The molecule has 2 saturated heterocycles. The normalized spacial score (nSPS) is 35.2. The van der Waals surface area contributed by atoms with Crippen LogP contribution >= 0.6 is 0 Å². The predicted molar refractivity (Wildman–Crippen MR) is 78.1 cm³/mol. The van der Waals surface area contributed by atoms with Crippen LogP contribution in [0.1, 0.15) is 37.4 Å². The molecule has 0 aromatic heterocycles. The largest absolute Gasteiger partial charge is 0.316 e. The highest BCUT2D eigenvalue weighted by Gasteiger charge is 2.52. The fourth-order valence-corrected chi connectivity index (χ4v) is 4.89. The first kappa shape index (κ1) is 12.8. The van der Waals surface area contributed by atoms with Crippen molar-refractivity contribution in [1.82, 2.24) is 10.2 Å². The highest BCUT2D eigenvalue weighted by Crippen LogP contribution is 2.48. The lowest BCUT2D eigenvalue weighted by Gasteiger charge is -2.40. The molecule has 2 aliphatic heterocycles. The van der Waals surface area contributed by atoms with Crippen molar-refractivity contribution in [1.29, 1.82) is 0 Å². The van der Waals surface area contributed by atoms with Gasteiger partial charge >= 0.3 is 0 Å². The molecule has 2 nitrogen and oxygen atoms in total. The Labute approximate surface area is 120 Å². The summed E-state index contributed by atoms with van der Waals surface area (Å²) in [5.41, 5.74) is 2.42. The Hall–Kier alpha value is -0.930. The van der Waals surface area contributed by atoms with E-state index in [0.717, 1.165) is 49.9 Å². The summed E-state index contributed by atoms with van der Waals surface area (Å²) >= 11 is 0. The Morgan fingerprint density at radius 3 is 2.95 bits per heavy atom. The van der Waals surface area contributed by atoms with E-state index >= 15 is 0 Å². The summed E-state index contributed by atoms with van der Waals surface area (Å²) in [6, 6.07) is 6.03. The molecule has 4 rings (SSSR count). The van der Waals surface area contributed by atoms with E-state index in [1.165, 1.54) is 5.56 Å². The van der Waals surface area contributed by atoms with Crippen LogP contribution in [-0.2, 0) is 6.42 Å². The lowest BCUT2D eigenvalue weighted by Crippen LogP contribution is -2.45. The third kappa shape index (κ3) is 1.63. The van der Waals surface area contributed by atoms with Gasteiger partial charge in [0.15, 0.2) is 0 Å². The van der Waals surface area contributed by atoms with Gasteiger partial charge in [-0.05, 0) is 62.3 Å². The van der Waals surface area contributed by atoms with Crippen molar-refractivity contribution in [2.45, 2.75) is 38.3 Å². The lowest BCUT2D eigenvalue weighted by molar-refractivity contribution is 0.0888. The van der Waals surface area contributed by atoms with Crippen LogP contribution in [0.5, 0.6) is 0 Å². The summed E-state index contributed by atoms with van der Waals surface area (Å²) in [5, 5.41) is 3.53. The molecule has 0 amide bonds. The molecule has 3 unspecified atom stereocenters. The van der Waals surface area contributed by atoms with Gasteiger partial charge in [0.2, 0.25) is 0 Å². The number of rotatable bonds is 1. The zero-order valence-electron chi connectivity index (χ0n) is 12.3. The van der Waals surface area contributed by atoms with Crippen LogP contribution in [0, 0.1) is 17.7 Å². The molecular formula is C17H23FN2. The molecule has 1 aromatic carbocycles. The van der Waals surface area contributed by atoms with Gasteiger partial charge < -0.3 is 5.32 Å². The fourth-order valence-electron chi connectivity index (χ4n) is 4.89. The van der Waals surface area contributed by atoms with Gasteiger partial charge in [-0.1, -0.05) is 12.1 Å². The average Bonchev–Trinajstić information content (AvgIpc) is 3.06. The van der Waals surface area contributed by atoms with Crippen molar-refractivity contribution in [3.05, 3.63) is 35.1 Å². The number of hydrogen-bond donors (Lipinski definition) is 1. The van der Waals surface area contributed by atoms with Gasteiger partial charge in [-0.2, -0.15) is 0 Å². The number of nitrogens with zero attached hydrogens (tertiary/aromatic N) is 1. The van der Waals surface area contributed by atoms with E-state index < -0.39 is 0 Å². The molecule has 3 heteroatoms. The second-order valence-corrected chi connectivity index (χ2v) is 7.19. The third-order valence-corrected chi connectivity index (χ3v) is 5.98. The first-order valence-corrected chi connectivity index (χ1v) is 7.84. The number of fused-ring (bicyclic) bond motifs is 2. The minimum absolute atomic E-state index is 0.0103.